The van der Waals surface area contributed by atoms with Crippen molar-refractivity contribution in [2.24, 2.45) is 0 Å². The summed E-state index contributed by atoms with van der Waals surface area (Å²) >= 11 is 0. The van der Waals surface area contributed by atoms with Crippen LogP contribution in [0.2, 0.25) is 0 Å². The van der Waals surface area contributed by atoms with Gasteiger partial charge in [-0.15, -0.1) is 0 Å². The van der Waals surface area contributed by atoms with E-state index in [1.807, 2.05) is 13.0 Å². The van der Waals surface area contributed by atoms with Crippen molar-refractivity contribution in [3.63, 3.8) is 0 Å². The fourth-order valence-electron chi connectivity index (χ4n) is 1.56. The maximum Gasteiger partial charge on any atom is 0.127 e. The van der Waals surface area contributed by atoms with Gasteiger partial charge in [0.05, 0.1) is 0 Å². The van der Waals surface area contributed by atoms with Crippen LogP contribution < -0.4 is 10.1 Å². The molecule has 0 spiro atoms. The molecule has 0 heterocycles. The molecule has 0 aliphatic heterocycles. The van der Waals surface area contributed by atoms with E-state index >= 15 is 0 Å². The number of ether oxygens (including phenoxy) is 1. The average Bonchev–Trinajstić information content (AvgIpc) is 3.07. The van der Waals surface area contributed by atoms with Gasteiger partial charge in [-0.1, -0.05) is 6.58 Å². The summed E-state index contributed by atoms with van der Waals surface area (Å²) < 4.78 is 18.8. The summed E-state index contributed by atoms with van der Waals surface area (Å²) in [6, 6.07) is 5.45. The molecule has 1 aliphatic carbocycles. The fourth-order valence-corrected chi connectivity index (χ4v) is 1.56. The normalized spacial score (nSPS) is 14.7. The standard InChI is InChI=1S/C14H18FNO/c1-10(2)9-17-14-6-11(5-12(15)7-14)8-16-13-3-4-13/h5-7,13,16H,1,3-4,8-9H2,2H3. The molecule has 1 aromatic carbocycles. The van der Waals surface area contributed by atoms with Crippen LogP contribution in [0, 0.1) is 5.82 Å². The lowest BCUT2D eigenvalue weighted by atomic mass is 10.2. The molecule has 1 aromatic rings. The summed E-state index contributed by atoms with van der Waals surface area (Å²) in [5, 5.41) is 3.35. The van der Waals surface area contributed by atoms with Crippen molar-refractivity contribution in [2.75, 3.05) is 6.61 Å². The molecule has 0 aromatic heterocycles. The van der Waals surface area contributed by atoms with E-state index in [2.05, 4.69) is 11.9 Å². The Morgan fingerprint density at radius 1 is 1.47 bits per heavy atom. The van der Waals surface area contributed by atoms with E-state index in [4.69, 9.17) is 4.74 Å². The first-order valence-electron chi connectivity index (χ1n) is 5.93. The fraction of sp³-hybridized carbons (Fsp3) is 0.429. The Morgan fingerprint density at radius 2 is 2.24 bits per heavy atom. The molecular weight excluding hydrogens is 217 g/mol. The van der Waals surface area contributed by atoms with Gasteiger partial charge in [0, 0.05) is 18.7 Å². The van der Waals surface area contributed by atoms with E-state index in [9.17, 15) is 4.39 Å². The Kier molecular flexibility index (Phi) is 3.79. The Morgan fingerprint density at radius 3 is 2.88 bits per heavy atom. The number of benzene rings is 1. The van der Waals surface area contributed by atoms with Gasteiger partial charge >= 0.3 is 0 Å². The Balaban J connectivity index is 1.97. The number of hydrogen-bond acceptors (Lipinski definition) is 2. The van der Waals surface area contributed by atoms with Gasteiger partial charge in [0.25, 0.3) is 0 Å². The second-order valence-electron chi connectivity index (χ2n) is 4.70. The zero-order valence-corrected chi connectivity index (χ0v) is 10.1. The van der Waals surface area contributed by atoms with Gasteiger partial charge in [-0.3, -0.25) is 0 Å². The van der Waals surface area contributed by atoms with E-state index in [1.165, 1.54) is 18.9 Å². The molecule has 17 heavy (non-hydrogen) atoms. The number of halogens is 1. The highest BCUT2D eigenvalue weighted by Gasteiger charge is 2.20. The Bertz CT molecular complexity index is 413. The second kappa shape index (κ2) is 5.32. The Hall–Kier alpha value is -1.35. The van der Waals surface area contributed by atoms with Gasteiger partial charge < -0.3 is 10.1 Å². The van der Waals surface area contributed by atoms with Crippen molar-refractivity contribution in [2.45, 2.75) is 32.4 Å². The van der Waals surface area contributed by atoms with Crippen molar-refractivity contribution < 1.29 is 9.13 Å². The smallest absolute Gasteiger partial charge is 0.127 e. The third kappa shape index (κ3) is 4.19. The van der Waals surface area contributed by atoms with Crippen LogP contribution in [0.25, 0.3) is 0 Å². The van der Waals surface area contributed by atoms with Gasteiger partial charge in [-0.25, -0.2) is 4.39 Å². The average molecular weight is 235 g/mol. The molecule has 0 bridgehead atoms. The van der Waals surface area contributed by atoms with Crippen molar-refractivity contribution in [1.82, 2.24) is 5.32 Å². The molecule has 0 unspecified atom stereocenters. The van der Waals surface area contributed by atoms with E-state index in [1.54, 1.807) is 6.07 Å². The van der Waals surface area contributed by atoms with Crippen LogP contribution in [0.4, 0.5) is 4.39 Å². The molecule has 92 valence electrons. The van der Waals surface area contributed by atoms with Crippen LogP contribution >= 0.6 is 0 Å². The molecule has 2 nitrogen and oxygen atoms in total. The third-order valence-corrected chi connectivity index (χ3v) is 2.59. The summed E-state index contributed by atoms with van der Waals surface area (Å²) in [6.07, 6.45) is 2.46. The van der Waals surface area contributed by atoms with Crippen molar-refractivity contribution in [3.05, 3.63) is 41.7 Å². The molecule has 0 atom stereocenters. The summed E-state index contributed by atoms with van der Waals surface area (Å²) in [5.41, 5.74) is 1.85. The largest absolute Gasteiger partial charge is 0.489 e. The van der Waals surface area contributed by atoms with Crippen LogP contribution in [0.5, 0.6) is 5.75 Å². The molecular formula is C14H18FNO. The summed E-state index contributed by atoms with van der Waals surface area (Å²) in [5.74, 6) is 0.317. The molecule has 0 radical (unpaired) electrons. The van der Waals surface area contributed by atoms with Crippen molar-refractivity contribution >= 4 is 0 Å². The predicted octanol–water partition coefficient (Wildman–Crippen LogP) is 3.03. The lowest BCUT2D eigenvalue weighted by molar-refractivity contribution is 0.350. The summed E-state index contributed by atoms with van der Waals surface area (Å²) in [7, 11) is 0. The Labute approximate surface area is 101 Å². The molecule has 0 amide bonds. The van der Waals surface area contributed by atoms with Crippen LogP contribution in [-0.4, -0.2) is 12.6 Å². The first-order chi connectivity index (χ1) is 8.13. The molecule has 3 heteroatoms. The highest BCUT2D eigenvalue weighted by Crippen LogP contribution is 2.21. The van der Waals surface area contributed by atoms with Gasteiger partial charge in [0.15, 0.2) is 0 Å². The minimum absolute atomic E-state index is 0.253. The zero-order chi connectivity index (χ0) is 12.3. The number of nitrogens with one attached hydrogen (secondary N) is 1. The summed E-state index contributed by atoms with van der Waals surface area (Å²) in [4.78, 5) is 0. The third-order valence-electron chi connectivity index (χ3n) is 2.59. The van der Waals surface area contributed by atoms with Gasteiger partial charge in [0.2, 0.25) is 0 Å². The zero-order valence-electron chi connectivity index (χ0n) is 10.1. The molecule has 1 fully saturated rings. The molecule has 2 rings (SSSR count). The van der Waals surface area contributed by atoms with Crippen LogP contribution in [0.3, 0.4) is 0 Å². The lowest BCUT2D eigenvalue weighted by Crippen LogP contribution is -2.15. The number of hydrogen-bond donors (Lipinski definition) is 1. The topological polar surface area (TPSA) is 21.3 Å². The predicted molar refractivity (Wildman–Crippen MR) is 66.6 cm³/mol. The first-order valence-corrected chi connectivity index (χ1v) is 5.93. The van der Waals surface area contributed by atoms with Gasteiger partial charge in [-0.05, 0) is 43.0 Å². The maximum absolute atomic E-state index is 13.4. The van der Waals surface area contributed by atoms with Crippen LogP contribution in [0.1, 0.15) is 25.3 Å². The first kappa shape index (κ1) is 12.1. The minimum atomic E-state index is -0.253. The van der Waals surface area contributed by atoms with Crippen LogP contribution in [0.15, 0.2) is 30.4 Å². The van der Waals surface area contributed by atoms with E-state index in [0.717, 1.165) is 11.1 Å². The SMILES string of the molecule is C=C(C)COc1cc(F)cc(CNC2CC2)c1. The lowest BCUT2D eigenvalue weighted by Gasteiger charge is -2.09. The van der Waals surface area contributed by atoms with Crippen molar-refractivity contribution in [3.8, 4) is 5.75 Å². The maximum atomic E-state index is 13.4. The molecule has 1 N–H and O–H groups in total. The quantitative estimate of drug-likeness (QED) is 0.765. The minimum Gasteiger partial charge on any atom is -0.489 e. The van der Waals surface area contributed by atoms with E-state index in [0.29, 0.717) is 24.9 Å². The molecule has 1 saturated carbocycles. The molecule has 0 saturated heterocycles. The van der Waals surface area contributed by atoms with Gasteiger partial charge in [0.1, 0.15) is 18.2 Å². The van der Waals surface area contributed by atoms with Crippen molar-refractivity contribution in [1.29, 1.82) is 0 Å². The monoisotopic (exact) mass is 235 g/mol. The highest BCUT2D eigenvalue weighted by atomic mass is 19.1. The highest BCUT2D eigenvalue weighted by molar-refractivity contribution is 5.30. The van der Waals surface area contributed by atoms with Crippen LogP contribution in [-0.2, 0) is 6.54 Å². The van der Waals surface area contributed by atoms with E-state index in [-0.39, 0.29) is 5.82 Å². The summed E-state index contributed by atoms with van der Waals surface area (Å²) in [6.45, 7) is 6.77. The van der Waals surface area contributed by atoms with Gasteiger partial charge in [-0.2, -0.15) is 0 Å². The molecule has 1 aliphatic rings. The second-order valence-corrected chi connectivity index (χ2v) is 4.70. The van der Waals surface area contributed by atoms with E-state index < -0.39 is 0 Å². The number of rotatable bonds is 6.